The Morgan fingerprint density at radius 3 is 1.94 bits per heavy atom. The largest absolute Gasteiger partial charge is 0.506 e. The number of phenols is 1. The minimum atomic E-state index is -5.92. The van der Waals surface area contributed by atoms with Crippen LogP contribution in [0.25, 0.3) is 33.4 Å². The molecular formula is C33H31F2N3O21S5. The Morgan fingerprint density at radius 2 is 1.34 bits per heavy atom. The maximum Gasteiger partial charge on any atom is 0.339 e. The third-order valence-electron chi connectivity index (χ3n) is 9.28. The highest BCUT2D eigenvalue weighted by atomic mass is 32.2. The molecule has 1 amide bonds. The lowest BCUT2D eigenvalue weighted by Crippen LogP contribution is -2.51. The van der Waals surface area contributed by atoms with E-state index in [0.29, 0.717) is 30.3 Å². The summed E-state index contributed by atoms with van der Waals surface area (Å²) in [5, 5.41) is 22.0. The first-order valence-electron chi connectivity index (χ1n) is 17.5. The monoisotopic (exact) mass is 1000 g/mol. The van der Waals surface area contributed by atoms with Crippen molar-refractivity contribution in [3.63, 3.8) is 0 Å². The average molecular weight is 1000 g/mol. The van der Waals surface area contributed by atoms with Gasteiger partial charge in [-0.2, -0.15) is 30.0 Å². The maximum absolute atomic E-state index is 15.9. The third-order valence-corrected chi connectivity index (χ3v) is 14.7. The first kappa shape index (κ1) is 49.6. The predicted molar refractivity (Wildman–Crippen MR) is 211 cm³/mol. The molecule has 0 spiro atoms. The van der Waals surface area contributed by atoms with Gasteiger partial charge in [-0.15, -0.1) is 0 Å². The number of hydrogen-bond donors (Lipinski definition) is 8. The number of benzene rings is 3. The van der Waals surface area contributed by atoms with Crippen LogP contribution < -0.4 is 20.2 Å². The summed E-state index contributed by atoms with van der Waals surface area (Å²) >= 11 is 0. The van der Waals surface area contributed by atoms with Gasteiger partial charge in [0.2, 0.25) is 31.4 Å². The predicted octanol–water partition coefficient (Wildman–Crippen LogP) is -0.741. The van der Waals surface area contributed by atoms with E-state index in [1.165, 1.54) is 4.72 Å². The Morgan fingerprint density at radius 1 is 0.750 bits per heavy atom. The molecule has 2 aromatic rings. The summed E-state index contributed by atoms with van der Waals surface area (Å²) < 4.78 is 197. The number of carboxylic acids is 1. The van der Waals surface area contributed by atoms with Crippen LogP contribution in [0.5, 0.6) is 5.75 Å². The van der Waals surface area contributed by atoms with E-state index in [4.69, 9.17) is 4.42 Å². The molecule has 2 heterocycles. The molecule has 0 aromatic heterocycles. The van der Waals surface area contributed by atoms with Gasteiger partial charge in [0.05, 0.1) is 23.5 Å². The summed E-state index contributed by atoms with van der Waals surface area (Å²) in [7, 11) is -27.3. The third kappa shape index (κ3) is 11.1. The molecule has 3 unspecified atom stereocenters. The molecule has 2 aliphatic heterocycles. The Hall–Kier alpha value is -5.38. The van der Waals surface area contributed by atoms with Crippen LogP contribution >= 0.6 is 0 Å². The van der Waals surface area contributed by atoms with Crippen LogP contribution in [0.1, 0.15) is 29.6 Å². The molecule has 0 radical (unpaired) electrons. The van der Waals surface area contributed by atoms with E-state index in [1.807, 2.05) is 4.72 Å². The molecule has 24 nitrogen and oxygen atoms in total. The molecule has 8 N–H and O–H groups in total. The van der Waals surface area contributed by atoms with Crippen LogP contribution in [0.4, 0.5) is 8.78 Å². The van der Waals surface area contributed by atoms with Gasteiger partial charge in [0.15, 0.2) is 32.7 Å². The molecule has 2 aromatic carbocycles. The number of ketones is 2. The smallest absolute Gasteiger partial charge is 0.339 e. The van der Waals surface area contributed by atoms with Gasteiger partial charge in [0.25, 0.3) is 30.4 Å². The normalized spacial score (nSPS) is 20.6. The van der Waals surface area contributed by atoms with Crippen molar-refractivity contribution in [1.29, 1.82) is 0 Å². The fraction of sp³-hybridized carbons (Fsp3) is 0.303. The Bertz CT molecular complexity index is 3250. The Labute approximate surface area is 359 Å². The summed E-state index contributed by atoms with van der Waals surface area (Å²) in [4.78, 5) is 63.2. The van der Waals surface area contributed by atoms with E-state index < -0.39 is 206 Å². The minimum Gasteiger partial charge on any atom is -0.506 e. The lowest BCUT2D eigenvalue weighted by atomic mass is 9.90. The van der Waals surface area contributed by atoms with Crippen molar-refractivity contribution in [3.8, 4) is 28.2 Å². The lowest BCUT2D eigenvalue weighted by molar-refractivity contribution is -0.131. The molecular weight excluding hydrogens is 973 g/mol. The number of Topliss-reactive ketones (excluding diaryl/α,β-unsaturated/α-hetero) is 2. The number of amides is 1. The highest BCUT2D eigenvalue weighted by molar-refractivity contribution is 7.90. The fourth-order valence-electron chi connectivity index (χ4n) is 6.68. The van der Waals surface area contributed by atoms with Crippen molar-refractivity contribution in [2.45, 2.75) is 41.1 Å². The molecule has 348 valence electrons. The standard InChI is InChI=1S/C33H31F2N3O21S5/c34-17-5-6-18(35)27(33(44)45)26(17)25-15-3-7-22(40)30-28(15)59-29-16(25)4-8-23(41)31(29)64(57,58)38-20(13-62(52,53)54)24(42)10-14(11-60(46,47)48)32(43)37-19(12-61(49,50)51)21(39)2-1-9-36-63(30,55)56/h3-8,14,19-20,36,38,40H,1-2,9-13H2,(H,37,43)(H,44,45)(H,46,47,48)(H,49,50,51)(H,52,53,54). The van der Waals surface area contributed by atoms with Crippen molar-refractivity contribution in [2.24, 2.45) is 5.92 Å². The van der Waals surface area contributed by atoms with Crippen LogP contribution in [0.2, 0.25) is 0 Å². The molecule has 2 bridgehead atoms. The number of aromatic carboxylic acids is 1. The zero-order chi connectivity index (χ0) is 48.1. The van der Waals surface area contributed by atoms with Crippen molar-refractivity contribution in [1.82, 2.24) is 14.8 Å². The summed E-state index contributed by atoms with van der Waals surface area (Å²) in [5.41, 5.74) is -7.24. The number of sulfonamides is 2. The van der Waals surface area contributed by atoms with Crippen molar-refractivity contribution < 1.29 is 98.3 Å². The molecule has 1 aliphatic carbocycles. The van der Waals surface area contributed by atoms with Gasteiger partial charge in [-0.25, -0.2) is 35.1 Å². The Kier molecular flexibility index (Phi) is 13.9. The fourth-order valence-corrected chi connectivity index (χ4v) is 11.7. The number of aromatic hydroxyl groups is 1. The van der Waals surface area contributed by atoms with Crippen LogP contribution in [0.3, 0.4) is 0 Å². The highest BCUT2D eigenvalue weighted by Gasteiger charge is 2.40. The second-order valence-corrected chi connectivity index (χ2v) is 21.8. The number of hydrogen-bond acceptors (Lipinski definition) is 17. The number of carbonyl (C=O) groups excluding carboxylic acids is 3. The summed E-state index contributed by atoms with van der Waals surface area (Å²) in [6.45, 7) is -0.831. The number of carbonyl (C=O) groups is 4. The van der Waals surface area contributed by atoms with E-state index in [0.717, 1.165) is 6.07 Å². The Balaban J connectivity index is 1.90. The number of carboxylic acid groups (broad SMARTS) is 1. The SMILES string of the molecule is O=C(O)c1c(F)ccc(F)c1-c1c2ccc(=O)c3c-2oc2c(c(O)ccc12)S(=O)(=O)NCCCC(=O)C(CS(=O)(=O)O)NC(=O)C(CS(=O)(=O)O)CC(=O)C(CS(=O)(=O)O)NS3(=O)=O. The van der Waals surface area contributed by atoms with Crippen molar-refractivity contribution in [3.05, 3.63) is 63.8 Å². The van der Waals surface area contributed by atoms with E-state index in [9.17, 15) is 89.9 Å². The molecule has 3 atom stereocenters. The molecule has 3 aliphatic rings. The van der Waals surface area contributed by atoms with E-state index in [-0.39, 0.29) is 0 Å². The van der Waals surface area contributed by atoms with Gasteiger partial charge in [0.1, 0.15) is 34.7 Å². The van der Waals surface area contributed by atoms with Gasteiger partial charge in [-0.05, 0) is 42.8 Å². The molecule has 0 saturated carbocycles. The van der Waals surface area contributed by atoms with Gasteiger partial charge in [-0.3, -0.25) is 32.8 Å². The second kappa shape index (κ2) is 17.9. The molecule has 64 heavy (non-hydrogen) atoms. The number of rotatable bonds is 8. The number of halogens is 2. The van der Waals surface area contributed by atoms with Gasteiger partial charge in [-0.1, -0.05) is 0 Å². The van der Waals surface area contributed by atoms with Crippen LogP contribution in [0.15, 0.2) is 55.4 Å². The van der Waals surface area contributed by atoms with Crippen molar-refractivity contribution >= 4 is 84.8 Å². The highest BCUT2D eigenvalue weighted by Crippen LogP contribution is 2.47. The van der Waals surface area contributed by atoms with Crippen LogP contribution in [-0.2, 0) is 64.8 Å². The summed E-state index contributed by atoms with van der Waals surface area (Å²) in [6, 6.07) is -1.84. The number of phenolic OH excluding ortho intramolecular Hbond substituents is 1. The topological polar surface area (TPSA) is 406 Å². The van der Waals surface area contributed by atoms with Crippen LogP contribution in [-0.4, -0.2) is 125 Å². The van der Waals surface area contributed by atoms with Crippen LogP contribution in [0, 0.1) is 17.6 Å². The van der Waals surface area contributed by atoms with E-state index in [1.54, 1.807) is 5.32 Å². The zero-order valence-electron chi connectivity index (χ0n) is 31.7. The van der Waals surface area contributed by atoms with Crippen molar-refractivity contribution in [2.75, 3.05) is 23.8 Å². The van der Waals surface area contributed by atoms with Gasteiger partial charge in [0, 0.05) is 41.5 Å². The zero-order valence-corrected chi connectivity index (χ0v) is 35.8. The maximum atomic E-state index is 15.9. The molecule has 0 fully saturated rings. The molecule has 5 rings (SSSR count). The minimum absolute atomic E-state index is 0.381. The summed E-state index contributed by atoms with van der Waals surface area (Å²) in [6.07, 6.45) is -3.13. The first-order chi connectivity index (χ1) is 29.3. The number of nitrogens with one attached hydrogen (secondary N) is 3. The van der Waals surface area contributed by atoms with Gasteiger partial charge < -0.3 is 19.9 Å². The quantitative estimate of drug-likeness (QED) is 0.0796. The summed E-state index contributed by atoms with van der Waals surface area (Å²) in [5.74, 6) is -20.6. The molecule has 0 saturated heterocycles. The lowest BCUT2D eigenvalue weighted by Gasteiger charge is -2.24. The molecule has 31 heteroatoms. The van der Waals surface area contributed by atoms with E-state index in [2.05, 4.69) is 0 Å². The average Bonchev–Trinajstić information content (AvgIpc) is 3.13. The van der Waals surface area contributed by atoms with E-state index >= 15 is 8.78 Å². The second-order valence-electron chi connectivity index (χ2n) is 13.9. The first-order valence-corrected chi connectivity index (χ1v) is 25.3. The van der Waals surface area contributed by atoms with Gasteiger partial charge >= 0.3 is 5.97 Å².